The van der Waals surface area contributed by atoms with E-state index < -0.39 is 0 Å². The molecule has 5 heteroatoms. The van der Waals surface area contributed by atoms with Crippen molar-refractivity contribution in [3.05, 3.63) is 23.9 Å². The maximum atomic E-state index is 12.1. The lowest BCUT2D eigenvalue weighted by Crippen LogP contribution is -2.41. The Labute approximate surface area is 121 Å². The standard InChI is InChI=1S/C15H25N3O2/c1-5-8-16-14-7-6-12(9-17-14)15(19)18-13(10-20-4)11(2)3/h6-7,9,11,13H,5,8,10H2,1-4H3,(H,16,17)(H,18,19). The molecule has 20 heavy (non-hydrogen) atoms. The van der Waals surface area contributed by atoms with Gasteiger partial charge in [0.15, 0.2) is 0 Å². The van der Waals surface area contributed by atoms with E-state index in [1.807, 2.05) is 6.07 Å². The molecule has 0 saturated carbocycles. The second-order valence-corrected chi connectivity index (χ2v) is 5.14. The van der Waals surface area contributed by atoms with Gasteiger partial charge in [-0.05, 0) is 24.5 Å². The summed E-state index contributed by atoms with van der Waals surface area (Å²) in [6.07, 6.45) is 2.63. The van der Waals surface area contributed by atoms with Gasteiger partial charge in [-0.2, -0.15) is 0 Å². The van der Waals surface area contributed by atoms with Crippen molar-refractivity contribution in [2.45, 2.75) is 33.2 Å². The van der Waals surface area contributed by atoms with Crippen LogP contribution >= 0.6 is 0 Å². The Kier molecular flexibility index (Phi) is 7.01. The van der Waals surface area contributed by atoms with Gasteiger partial charge in [0.05, 0.1) is 18.2 Å². The van der Waals surface area contributed by atoms with Crippen molar-refractivity contribution in [3.8, 4) is 0 Å². The van der Waals surface area contributed by atoms with Gasteiger partial charge in [-0.1, -0.05) is 20.8 Å². The molecule has 1 rings (SSSR count). The van der Waals surface area contributed by atoms with E-state index in [-0.39, 0.29) is 11.9 Å². The summed E-state index contributed by atoms with van der Waals surface area (Å²) in [5, 5.41) is 6.15. The van der Waals surface area contributed by atoms with Gasteiger partial charge in [-0.3, -0.25) is 4.79 Å². The molecule has 1 amide bonds. The maximum absolute atomic E-state index is 12.1. The second-order valence-electron chi connectivity index (χ2n) is 5.14. The molecule has 0 spiro atoms. The zero-order valence-electron chi connectivity index (χ0n) is 12.8. The van der Waals surface area contributed by atoms with Crippen LogP contribution in [0.3, 0.4) is 0 Å². The molecule has 0 aliphatic heterocycles. The number of carbonyl (C=O) groups is 1. The minimum atomic E-state index is -0.115. The van der Waals surface area contributed by atoms with Crippen LogP contribution in [0.25, 0.3) is 0 Å². The van der Waals surface area contributed by atoms with Crippen molar-refractivity contribution >= 4 is 11.7 Å². The van der Waals surface area contributed by atoms with E-state index in [2.05, 4.69) is 36.4 Å². The van der Waals surface area contributed by atoms with Gasteiger partial charge in [0.1, 0.15) is 5.82 Å². The number of ether oxygens (including phenoxy) is 1. The number of nitrogens with zero attached hydrogens (tertiary/aromatic N) is 1. The molecule has 0 fully saturated rings. The number of methoxy groups -OCH3 is 1. The van der Waals surface area contributed by atoms with E-state index in [9.17, 15) is 4.79 Å². The fourth-order valence-electron chi connectivity index (χ4n) is 1.72. The van der Waals surface area contributed by atoms with Gasteiger partial charge in [-0.25, -0.2) is 4.98 Å². The maximum Gasteiger partial charge on any atom is 0.253 e. The Balaban J connectivity index is 2.62. The van der Waals surface area contributed by atoms with E-state index in [0.29, 0.717) is 18.1 Å². The average Bonchev–Trinajstić information content (AvgIpc) is 2.45. The van der Waals surface area contributed by atoms with Crippen molar-refractivity contribution in [1.82, 2.24) is 10.3 Å². The monoisotopic (exact) mass is 279 g/mol. The highest BCUT2D eigenvalue weighted by atomic mass is 16.5. The first kappa shape index (κ1) is 16.4. The van der Waals surface area contributed by atoms with Crippen LogP contribution in [0.4, 0.5) is 5.82 Å². The van der Waals surface area contributed by atoms with Gasteiger partial charge in [0, 0.05) is 19.9 Å². The zero-order valence-corrected chi connectivity index (χ0v) is 12.8. The lowest BCUT2D eigenvalue weighted by molar-refractivity contribution is 0.0866. The number of pyridine rings is 1. The fraction of sp³-hybridized carbons (Fsp3) is 0.600. The summed E-state index contributed by atoms with van der Waals surface area (Å²) in [5.74, 6) is 0.994. The van der Waals surface area contributed by atoms with E-state index in [4.69, 9.17) is 4.74 Å². The van der Waals surface area contributed by atoms with Crippen LogP contribution < -0.4 is 10.6 Å². The van der Waals surface area contributed by atoms with Gasteiger partial charge >= 0.3 is 0 Å². The molecule has 5 nitrogen and oxygen atoms in total. The summed E-state index contributed by atoms with van der Waals surface area (Å²) in [5.41, 5.74) is 0.564. The normalized spacial score (nSPS) is 12.2. The van der Waals surface area contributed by atoms with E-state index in [0.717, 1.165) is 18.8 Å². The van der Waals surface area contributed by atoms with Crippen LogP contribution in [0.15, 0.2) is 18.3 Å². The molecule has 2 N–H and O–H groups in total. The molecular formula is C15H25N3O2. The number of aromatic nitrogens is 1. The van der Waals surface area contributed by atoms with Crippen molar-refractivity contribution in [1.29, 1.82) is 0 Å². The molecule has 0 aliphatic carbocycles. The Morgan fingerprint density at radius 2 is 2.15 bits per heavy atom. The highest BCUT2D eigenvalue weighted by molar-refractivity contribution is 5.94. The number of hydrogen-bond donors (Lipinski definition) is 2. The smallest absolute Gasteiger partial charge is 0.253 e. The fourth-order valence-corrected chi connectivity index (χ4v) is 1.72. The quantitative estimate of drug-likeness (QED) is 0.766. The van der Waals surface area contributed by atoms with Crippen LogP contribution in [0, 0.1) is 5.92 Å². The molecule has 0 aliphatic rings. The summed E-state index contributed by atoms with van der Waals surface area (Å²) in [4.78, 5) is 16.4. The minimum absolute atomic E-state index is 0.00499. The molecule has 1 unspecified atom stereocenters. The molecule has 0 saturated heterocycles. The number of rotatable bonds is 8. The van der Waals surface area contributed by atoms with Gasteiger partial charge in [0.25, 0.3) is 5.91 Å². The van der Waals surface area contributed by atoms with Crippen LogP contribution in [0.2, 0.25) is 0 Å². The van der Waals surface area contributed by atoms with Crippen LogP contribution in [0.5, 0.6) is 0 Å². The van der Waals surface area contributed by atoms with Crippen LogP contribution in [0.1, 0.15) is 37.6 Å². The number of anilines is 1. The molecule has 112 valence electrons. The predicted molar refractivity (Wildman–Crippen MR) is 81.0 cm³/mol. The number of hydrogen-bond acceptors (Lipinski definition) is 4. The summed E-state index contributed by atoms with van der Waals surface area (Å²) < 4.78 is 5.13. The average molecular weight is 279 g/mol. The number of amides is 1. The third kappa shape index (κ3) is 5.17. The number of carbonyl (C=O) groups excluding carboxylic acids is 1. The van der Waals surface area contributed by atoms with Crippen LogP contribution in [-0.2, 0) is 4.74 Å². The summed E-state index contributed by atoms with van der Waals surface area (Å²) in [6.45, 7) is 7.59. The molecule has 1 aromatic rings. The summed E-state index contributed by atoms with van der Waals surface area (Å²) in [6, 6.07) is 3.61. The van der Waals surface area contributed by atoms with Crippen LogP contribution in [-0.4, -0.2) is 37.2 Å². The lowest BCUT2D eigenvalue weighted by atomic mass is 10.0. The molecule has 1 aromatic heterocycles. The molecule has 1 heterocycles. The second kappa shape index (κ2) is 8.53. The van der Waals surface area contributed by atoms with Gasteiger partial charge in [-0.15, -0.1) is 0 Å². The van der Waals surface area contributed by atoms with Gasteiger partial charge < -0.3 is 15.4 Å². The van der Waals surface area contributed by atoms with Crippen molar-refractivity contribution in [2.24, 2.45) is 5.92 Å². The molecule has 0 aromatic carbocycles. The predicted octanol–water partition coefficient (Wildman–Crippen LogP) is 2.30. The van der Waals surface area contributed by atoms with Crippen molar-refractivity contribution in [3.63, 3.8) is 0 Å². The Morgan fingerprint density at radius 1 is 1.40 bits per heavy atom. The van der Waals surface area contributed by atoms with Crippen molar-refractivity contribution < 1.29 is 9.53 Å². The molecule has 0 radical (unpaired) electrons. The SMILES string of the molecule is CCCNc1ccc(C(=O)NC(COC)C(C)C)cn1. The lowest BCUT2D eigenvalue weighted by Gasteiger charge is -2.21. The highest BCUT2D eigenvalue weighted by Crippen LogP contribution is 2.07. The Morgan fingerprint density at radius 3 is 2.65 bits per heavy atom. The molecule has 0 bridgehead atoms. The topological polar surface area (TPSA) is 63.2 Å². The minimum Gasteiger partial charge on any atom is -0.383 e. The third-order valence-corrected chi connectivity index (χ3v) is 3.05. The first-order valence-electron chi connectivity index (χ1n) is 7.08. The first-order chi connectivity index (χ1) is 9.58. The van der Waals surface area contributed by atoms with Crippen molar-refractivity contribution in [2.75, 3.05) is 25.6 Å². The Hall–Kier alpha value is -1.62. The van der Waals surface area contributed by atoms with E-state index >= 15 is 0 Å². The van der Waals surface area contributed by atoms with E-state index in [1.54, 1.807) is 19.4 Å². The highest BCUT2D eigenvalue weighted by Gasteiger charge is 2.17. The largest absolute Gasteiger partial charge is 0.383 e. The van der Waals surface area contributed by atoms with E-state index in [1.165, 1.54) is 0 Å². The molecular weight excluding hydrogens is 254 g/mol. The third-order valence-electron chi connectivity index (χ3n) is 3.05. The van der Waals surface area contributed by atoms with Gasteiger partial charge in [0.2, 0.25) is 0 Å². The molecule has 1 atom stereocenters. The first-order valence-corrected chi connectivity index (χ1v) is 7.08. The zero-order chi connectivity index (χ0) is 15.0. The summed E-state index contributed by atoms with van der Waals surface area (Å²) in [7, 11) is 1.64. The number of nitrogens with one attached hydrogen (secondary N) is 2. The Bertz CT molecular complexity index is 404. The summed E-state index contributed by atoms with van der Waals surface area (Å²) >= 11 is 0.